The van der Waals surface area contributed by atoms with Crippen LogP contribution in [0.4, 0.5) is 4.39 Å². The topological polar surface area (TPSA) is 68.7 Å². The molecular formula is C18H14FN3O. The van der Waals surface area contributed by atoms with Crippen molar-refractivity contribution in [2.45, 2.75) is 6.42 Å². The van der Waals surface area contributed by atoms with Gasteiger partial charge in [0.15, 0.2) is 0 Å². The summed E-state index contributed by atoms with van der Waals surface area (Å²) in [6, 6.07) is 13.6. The van der Waals surface area contributed by atoms with Crippen LogP contribution in [0, 0.1) is 17.1 Å². The Morgan fingerprint density at radius 2 is 2.09 bits per heavy atom. The number of hydrogen-bond donors (Lipinski definition) is 2. The Bertz CT molecular complexity index is 908. The maximum absolute atomic E-state index is 13.8. The van der Waals surface area contributed by atoms with Gasteiger partial charge in [-0.15, -0.1) is 0 Å². The van der Waals surface area contributed by atoms with Crippen LogP contribution >= 0.6 is 0 Å². The molecule has 1 amide bonds. The fourth-order valence-corrected chi connectivity index (χ4v) is 2.51. The number of carbonyl (C=O) groups excluding carboxylic acids is 1. The van der Waals surface area contributed by atoms with Gasteiger partial charge in [-0.25, -0.2) is 4.39 Å². The van der Waals surface area contributed by atoms with Gasteiger partial charge in [0.25, 0.3) is 5.91 Å². The lowest BCUT2D eigenvalue weighted by atomic mass is 10.1. The minimum atomic E-state index is -0.686. The Morgan fingerprint density at radius 1 is 1.26 bits per heavy atom. The van der Waals surface area contributed by atoms with Crippen molar-refractivity contribution in [3.63, 3.8) is 0 Å². The molecule has 1 heterocycles. The van der Waals surface area contributed by atoms with Crippen molar-refractivity contribution in [3.05, 3.63) is 71.2 Å². The molecule has 0 aliphatic carbocycles. The SMILES string of the molecule is N#Cc1ccc(C(=O)NCCc2c[nH]c3ccccc23)c(F)c1. The number of nitrogens with zero attached hydrogens (tertiary/aromatic N) is 1. The molecule has 1 aromatic heterocycles. The first-order valence-electron chi connectivity index (χ1n) is 7.22. The number of hydrogen-bond acceptors (Lipinski definition) is 2. The minimum Gasteiger partial charge on any atom is -0.361 e. The summed E-state index contributed by atoms with van der Waals surface area (Å²) in [7, 11) is 0. The molecule has 0 atom stereocenters. The van der Waals surface area contributed by atoms with Gasteiger partial charge >= 0.3 is 0 Å². The van der Waals surface area contributed by atoms with Crippen LogP contribution in [0.15, 0.2) is 48.7 Å². The van der Waals surface area contributed by atoms with Gasteiger partial charge in [-0.1, -0.05) is 18.2 Å². The van der Waals surface area contributed by atoms with E-state index in [1.165, 1.54) is 12.1 Å². The molecule has 23 heavy (non-hydrogen) atoms. The third-order valence-corrected chi connectivity index (χ3v) is 3.70. The number of nitrogens with one attached hydrogen (secondary N) is 2. The Morgan fingerprint density at radius 3 is 2.87 bits per heavy atom. The summed E-state index contributed by atoms with van der Waals surface area (Å²) in [5.41, 5.74) is 2.29. The van der Waals surface area contributed by atoms with Crippen LogP contribution in [0.1, 0.15) is 21.5 Å². The second-order valence-corrected chi connectivity index (χ2v) is 5.17. The van der Waals surface area contributed by atoms with Crippen molar-refractivity contribution in [2.24, 2.45) is 0 Å². The van der Waals surface area contributed by atoms with E-state index in [0.717, 1.165) is 22.5 Å². The Labute approximate surface area is 132 Å². The molecule has 3 aromatic rings. The molecule has 0 fully saturated rings. The third kappa shape index (κ3) is 3.06. The summed E-state index contributed by atoms with van der Waals surface area (Å²) in [5, 5.41) is 12.5. The predicted molar refractivity (Wildman–Crippen MR) is 85.5 cm³/mol. The van der Waals surface area contributed by atoms with Crippen molar-refractivity contribution < 1.29 is 9.18 Å². The summed E-state index contributed by atoms with van der Waals surface area (Å²) in [6.45, 7) is 0.403. The van der Waals surface area contributed by atoms with E-state index in [4.69, 9.17) is 5.26 Å². The highest BCUT2D eigenvalue weighted by molar-refractivity contribution is 5.94. The number of nitriles is 1. The molecule has 114 valence electrons. The van der Waals surface area contributed by atoms with Crippen LogP contribution < -0.4 is 5.32 Å². The quantitative estimate of drug-likeness (QED) is 0.777. The molecule has 2 aromatic carbocycles. The number of carbonyl (C=O) groups is 1. The van der Waals surface area contributed by atoms with Gasteiger partial charge < -0.3 is 10.3 Å². The summed E-state index contributed by atoms with van der Waals surface area (Å²) >= 11 is 0. The monoisotopic (exact) mass is 307 g/mol. The third-order valence-electron chi connectivity index (χ3n) is 3.70. The summed E-state index contributed by atoms with van der Waals surface area (Å²) in [6.07, 6.45) is 2.56. The lowest BCUT2D eigenvalue weighted by molar-refractivity contribution is 0.0950. The molecule has 0 saturated carbocycles. The maximum atomic E-state index is 13.8. The first-order chi connectivity index (χ1) is 11.2. The van der Waals surface area contributed by atoms with Crippen LogP contribution in [-0.2, 0) is 6.42 Å². The minimum absolute atomic E-state index is 0.0528. The maximum Gasteiger partial charge on any atom is 0.254 e. The zero-order valence-corrected chi connectivity index (χ0v) is 12.3. The van der Waals surface area contributed by atoms with E-state index in [0.29, 0.717) is 13.0 Å². The van der Waals surface area contributed by atoms with E-state index < -0.39 is 11.7 Å². The van der Waals surface area contributed by atoms with Gasteiger partial charge in [-0.2, -0.15) is 5.26 Å². The Hall–Kier alpha value is -3.13. The molecule has 0 radical (unpaired) electrons. The lowest BCUT2D eigenvalue weighted by Gasteiger charge is -2.06. The second kappa shape index (κ2) is 6.32. The number of aromatic amines is 1. The molecule has 0 aliphatic heterocycles. The van der Waals surface area contributed by atoms with Crippen molar-refractivity contribution in [2.75, 3.05) is 6.54 Å². The number of rotatable bonds is 4. The summed E-state index contributed by atoms with van der Waals surface area (Å²) in [5.74, 6) is -1.17. The molecule has 0 saturated heterocycles. The van der Waals surface area contributed by atoms with E-state index in [1.54, 1.807) is 0 Å². The van der Waals surface area contributed by atoms with Crippen LogP contribution in [0.5, 0.6) is 0 Å². The molecule has 0 unspecified atom stereocenters. The Balaban J connectivity index is 1.65. The van der Waals surface area contributed by atoms with Gasteiger partial charge in [-0.05, 0) is 36.2 Å². The van der Waals surface area contributed by atoms with E-state index in [9.17, 15) is 9.18 Å². The fraction of sp³-hybridized carbons (Fsp3) is 0.111. The Kier molecular flexibility index (Phi) is 4.07. The van der Waals surface area contributed by atoms with E-state index in [-0.39, 0.29) is 11.1 Å². The zero-order chi connectivity index (χ0) is 16.2. The molecule has 3 rings (SSSR count). The van der Waals surface area contributed by atoms with Crippen molar-refractivity contribution >= 4 is 16.8 Å². The number of H-pyrrole nitrogens is 1. The molecule has 0 bridgehead atoms. The standard InChI is InChI=1S/C18H14FN3O/c19-16-9-12(10-20)5-6-15(16)18(23)21-8-7-13-11-22-17-4-2-1-3-14(13)17/h1-6,9,11,22H,7-8H2,(H,21,23). The molecule has 5 heteroatoms. The highest BCUT2D eigenvalue weighted by atomic mass is 19.1. The van der Waals surface area contributed by atoms with Crippen LogP contribution in [0.2, 0.25) is 0 Å². The summed E-state index contributed by atoms with van der Waals surface area (Å²) in [4.78, 5) is 15.2. The average molecular weight is 307 g/mol. The number of aromatic nitrogens is 1. The second-order valence-electron chi connectivity index (χ2n) is 5.17. The predicted octanol–water partition coefficient (Wildman–Crippen LogP) is 3.15. The van der Waals surface area contributed by atoms with Crippen LogP contribution in [0.3, 0.4) is 0 Å². The van der Waals surface area contributed by atoms with Crippen molar-refractivity contribution in [1.29, 1.82) is 5.26 Å². The number of amides is 1. The average Bonchev–Trinajstić information content (AvgIpc) is 2.98. The van der Waals surface area contributed by atoms with Crippen molar-refractivity contribution in [1.82, 2.24) is 10.3 Å². The van der Waals surface area contributed by atoms with E-state index in [1.807, 2.05) is 36.5 Å². The van der Waals surface area contributed by atoms with Gasteiger partial charge in [0.05, 0.1) is 17.2 Å². The summed E-state index contributed by atoms with van der Waals surface area (Å²) < 4.78 is 13.8. The molecule has 0 spiro atoms. The van der Waals surface area contributed by atoms with Gasteiger partial charge in [0, 0.05) is 23.6 Å². The van der Waals surface area contributed by atoms with E-state index in [2.05, 4.69) is 10.3 Å². The highest BCUT2D eigenvalue weighted by Gasteiger charge is 2.12. The molecule has 2 N–H and O–H groups in total. The molecule has 0 aliphatic rings. The van der Waals surface area contributed by atoms with Crippen LogP contribution in [0.25, 0.3) is 10.9 Å². The fourth-order valence-electron chi connectivity index (χ4n) is 2.51. The van der Waals surface area contributed by atoms with Gasteiger partial charge in [-0.3, -0.25) is 4.79 Å². The highest BCUT2D eigenvalue weighted by Crippen LogP contribution is 2.17. The number of halogens is 1. The number of para-hydroxylation sites is 1. The van der Waals surface area contributed by atoms with Gasteiger partial charge in [0.2, 0.25) is 0 Å². The smallest absolute Gasteiger partial charge is 0.254 e. The zero-order valence-electron chi connectivity index (χ0n) is 12.3. The lowest BCUT2D eigenvalue weighted by Crippen LogP contribution is -2.26. The first-order valence-corrected chi connectivity index (χ1v) is 7.22. The molecular weight excluding hydrogens is 293 g/mol. The van der Waals surface area contributed by atoms with Crippen molar-refractivity contribution in [3.8, 4) is 6.07 Å². The number of benzene rings is 2. The van der Waals surface area contributed by atoms with Gasteiger partial charge in [0.1, 0.15) is 5.82 Å². The number of fused-ring (bicyclic) bond motifs is 1. The van der Waals surface area contributed by atoms with E-state index >= 15 is 0 Å². The largest absolute Gasteiger partial charge is 0.361 e. The first kappa shape index (κ1) is 14.8. The van der Waals surface area contributed by atoms with Crippen LogP contribution in [-0.4, -0.2) is 17.4 Å². The normalized spacial score (nSPS) is 10.4. The molecule has 4 nitrogen and oxygen atoms in total.